The topological polar surface area (TPSA) is 40.5 Å². The number of phenols is 1. The van der Waals surface area contributed by atoms with E-state index in [0.29, 0.717) is 0 Å². The predicted molar refractivity (Wildman–Crippen MR) is 43.4 cm³/mol. The number of phenolic OH excluding ortho intramolecular Hbond substituents is 1. The molecule has 1 aromatic carbocycles. The molecule has 0 unspecified atom stereocenters. The smallest absolute Gasteiger partial charge is 0.203 e. The molecule has 0 radical (unpaired) electrons. The van der Waals surface area contributed by atoms with E-state index >= 15 is 0 Å². The van der Waals surface area contributed by atoms with E-state index < -0.39 is 23.2 Å². The first kappa shape index (κ1) is 10.8. The summed E-state index contributed by atoms with van der Waals surface area (Å²) in [4.78, 5) is 0. The zero-order valence-corrected chi connectivity index (χ0v) is 7.23. The Morgan fingerprint density at radius 3 is 2.36 bits per heavy atom. The van der Waals surface area contributed by atoms with Crippen LogP contribution < -0.4 is 0 Å². The van der Waals surface area contributed by atoms with Crippen LogP contribution in [0.2, 0.25) is 0 Å². The van der Waals surface area contributed by atoms with Gasteiger partial charge in [0.15, 0.2) is 17.4 Å². The monoisotopic (exact) mass is 206 g/mol. The van der Waals surface area contributed by atoms with Crippen LogP contribution >= 0.6 is 0 Å². The van der Waals surface area contributed by atoms with Crippen LogP contribution in [0.5, 0.6) is 5.75 Å². The van der Waals surface area contributed by atoms with Gasteiger partial charge in [0.2, 0.25) is 5.82 Å². The zero-order chi connectivity index (χ0) is 10.7. The van der Waals surface area contributed by atoms with Gasteiger partial charge in [0, 0.05) is 12.2 Å². The predicted octanol–water partition coefficient (Wildman–Crippen LogP) is 1.73. The Labute approximate surface area is 78.6 Å². The lowest BCUT2D eigenvalue weighted by Gasteiger charge is -2.05. The van der Waals surface area contributed by atoms with Gasteiger partial charge in [-0.2, -0.15) is 4.39 Å². The van der Waals surface area contributed by atoms with E-state index in [-0.39, 0.29) is 25.0 Å². The average molecular weight is 206 g/mol. The number of aromatic hydroxyl groups is 1. The third-order valence-electron chi connectivity index (χ3n) is 1.82. The van der Waals surface area contributed by atoms with Crippen LogP contribution in [0.15, 0.2) is 6.07 Å². The van der Waals surface area contributed by atoms with Crippen LogP contribution in [0.25, 0.3) is 0 Å². The molecule has 0 atom stereocenters. The average Bonchev–Trinajstić information content (AvgIpc) is 2.18. The molecule has 1 rings (SSSR count). The minimum atomic E-state index is -1.68. The molecule has 1 aromatic rings. The van der Waals surface area contributed by atoms with E-state index in [0.717, 1.165) is 6.07 Å². The van der Waals surface area contributed by atoms with Crippen molar-refractivity contribution in [1.29, 1.82) is 0 Å². The summed E-state index contributed by atoms with van der Waals surface area (Å²) < 4.78 is 37.9. The van der Waals surface area contributed by atoms with E-state index in [1.54, 1.807) is 0 Å². The highest BCUT2D eigenvalue weighted by Gasteiger charge is 2.17. The summed E-state index contributed by atoms with van der Waals surface area (Å²) in [5.41, 5.74) is -0.0459. The number of rotatable bonds is 3. The molecule has 0 amide bonds. The van der Waals surface area contributed by atoms with Gasteiger partial charge < -0.3 is 10.2 Å². The molecular weight excluding hydrogens is 197 g/mol. The second kappa shape index (κ2) is 4.32. The number of hydrogen-bond donors (Lipinski definition) is 2. The number of hydrogen-bond acceptors (Lipinski definition) is 2. The summed E-state index contributed by atoms with van der Waals surface area (Å²) in [6.07, 6.45) is 0.342. The molecule has 0 saturated carbocycles. The van der Waals surface area contributed by atoms with Crippen LogP contribution in [-0.2, 0) is 6.42 Å². The van der Waals surface area contributed by atoms with Crippen LogP contribution in [-0.4, -0.2) is 16.8 Å². The molecule has 5 heteroatoms. The molecule has 0 heterocycles. The van der Waals surface area contributed by atoms with Crippen molar-refractivity contribution in [2.45, 2.75) is 12.8 Å². The fraction of sp³-hybridized carbons (Fsp3) is 0.333. The number of aliphatic hydroxyl groups excluding tert-OH is 1. The van der Waals surface area contributed by atoms with Crippen LogP contribution in [0, 0.1) is 17.5 Å². The number of aliphatic hydroxyl groups is 1. The molecule has 78 valence electrons. The lowest BCUT2D eigenvalue weighted by atomic mass is 10.1. The van der Waals surface area contributed by atoms with Gasteiger partial charge in [-0.15, -0.1) is 0 Å². The molecular formula is C9H9F3O2. The molecule has 0 bridgehead atoms. The maximum absolute atomic E-state index is 12.8. The maximum atomic E-state index is 12.8. The maximum Gasteiger partial charge on any atom is 0.203 e. The highest BCUT2D eigenvalue weighted by atomic mass is 19.2. The second-order valence-electron chi connectivity index (χ2n) is 2.82. The minimum absolute atomic E-state index is 0.0459. The molecule has 14 heavy (non-hydrogen) atoms. The van der Waals surface area contributed by atoms with E-state index in [1.165, 1.54) is 0 Å². The first-order chi connectivity index (χ1) is 6.57. The van der Waals surface area contributed by atoms with Gasteiger partial charge in [0.1, 0.15) is 0 Å². The molecule has 0 fully saturated rings. The summed E-state index contributed by atoms with van der Waals surface area (Å²) in [6, 6.07) is 0.726. The first-order valence-electron chi connectivity index (χ1n) is 4.04. The molecule has 2 N–H and O–H groups in total. The van der Waals surface area contributed by atoms with Gasteiger partial charge in [-0.3, -0.25) is 0 Å². The third kappa shape index (κ3) is 1.98. The molecule has 0 spiro atoms. The third-order valence-corrected chi connectivity index (χ3v) is 1.82. The standard InChI is InChI=1S/C9H9F3O2/c10-6-4-5(2-1-3-13)9(14)8(12)7(6)11/h4,13-14H,1-3H2. The molecule has 0 aliphatic carbocycles. The van der Waals surface area contributed by atoms with Crippen molar-refractivity contribution >= 4 is 0 Å². The molecule has 0 aliphatic heterocycles. The van der Waals surface area contributed by atoms with E-state index in [4.69, 9.17) is 10.2 Å². The van der Waals surface area contributed by atoms with Crippen molar-refractivity contribution in [1.82, 2.24) is 0 Å². The van der Waals surface area contributed by atoms with Crippen LogP contribution in [0.1, 0.15) is 12.0 Å². The Morgan fingerprint density at radius 1 is 1.14 bits per heavy atom. The molecule has 0 aromatic heterocycles. The highest BCUT2D eigenvalue weighted by molar-refractivity contribution is 5.35. The Balaban J connectivity index is 3.06. The fourth-order valence-corrected chi connectivity index (χ4v) is 1.09. The Bertz CT molecular complexity index is 339. The first-order valence-corrected chi connectivity index (χ1v) is 4.04. The molecule has 0 saturated heterocycles. The summed E-state index contributed by atoms with van der Waals surface area (Å²) in [7, 11) is 0. The molecule has 2 nitrogen and oxygen atoms in total. The summed E-state index contributed by atoms with van der Waals surface area (Å²) in [5.74, 6) is -5.50. The van der Waals surface area contributed by atoms with Crippen molar-refractivity contribution in [2.24, 2.45) is 0 Å². The van der Waals surface area contributed by atoms with Gasteiger partial charge in [-0.25, -0.2) is 8.78 Å². The fourth-order valence-electron chi connectivity index (χ4n) is 1.09. The lowest BCUT2D eigenvalue weighted by Crippen LogP contribution is -1.98. The minimum Gasteiger partial charge on any atom is -0.505 e. The number of aryl methyl sites for hydroxylation is 1. The second-order valence-corrected chi connectivity index (χ2v) is 2.82. The van der Waals surface area contributed by atoms with Crippen molar-refractivity contribution in [3.05, 3.63) is 29.1 Å². The van der Waals surface area contributed by atoms with Crippen molar-refractivity contribution in [3.8, 4) is 5.75 Å². The highest BCUT2D eigenvalue weighted by Crippen LogP contribution is 2.26. The summed E-state index contributed by atoms with van der Waals surface area (Å²) in [6.45, 7) is -0.167. The van der Waals surface area contributed by atoms with E-state index in [2.05, 4.69) is 0 Å². The largest absolute Gasteiger partial charge is 0.505 e. The molecule has 0 aliphatic rings. The van der Waals surface area contributed by atoms with E-state index in [9.17, 15) is 13.2 Å². The normalized spacial score (nSPS) is 10.6. The Kier molecular flexibility index (Phi) is 3.35. The van der Waals surface area contributed by atoms with Crippen molar-refractivity contribution in [3.63, 3.8) is 0 Å². The SMILES string of the molecule is OCCCc1cc(F)c(F)c(F)c1O. The van der Waals surface area contributed by atoms with Crippen LogP contribution in [0.3, 0.4) is 0 Å². The lowest BCUT2D eigenvalue weighted by molar-refractivity contribution is 0.287. The Hall–Kier alpha value is -1.23. The van der Waals surface area contributed by atoms with Gasteiger partial charge in [-0.05, 0) is 18.9 Å². The summed E-state index contributed by atoms with van der Waals surface area (Å²) in [5, 5.41) is 17.5. The van der Waals surface area contributed by atoms with Gasteiger partial charge in [0.25, 0.3) is 0 Å². The number of halogens is 3. The zero-order valence-electron chi connectivity index (χ0n) is 7.23. The van der Waals surface area contributed by atoms with Crippen molar-refractivity contribution < 1.29 is 23.4 Å². The summed E-state index contributed by atoms with van der Waals surface area (Å²) >= 11 is 0. The van der Waals surface area contributed by atoms with Crippen molar-refractivity contribution in [2.75, 3.05) is 6.61 Å². The quantitative estimate of drug-likeness (QED) is 0.739. The number of benzene rings is 1. The van der Waals surface area contributed by atoms with Crippen LogP contribution in [0.4, 0.5) is 13.2 Å². The Morgan fingerprint density at radius 2 is 1.79 bits per heavy atom. The van der Waals surface area contributed by atoms with E-state index in [1.807, 2.05) is 0 Å². The van der Waals surface area contributed by atoms with Gasteiger partial charge in [-0.1, -0.05) is 0 Å². The van der Waals surface area contributed by atoms with Gasteiger partial charge in [0.05, 0.1) is 0 Å². The van der Waals surface area contributed by atoms with Gasteiger partial charge >= 0.3 is 0 Å².